The van der Waals surface area contributed by atoms with E-state index in [2.05, 4.69) is 4.98 Å². The predicted molar refractivity (Wildman–Crippen MR) is 74.4 cm³/mol. The molecule has 0 unspecified atom stereocenters. The van der Waals surface area contributed by atoms with Crippen LogP contribution in [0.25, 0.3) is 22.1 Å². The van der Waals surface area contributed by atoms with Crippen molar-refractivity contribution in [3.63, 3.8) is 0 Å². The summed E-state index contributed by atoms with van der Waals surface area (Å²) in [5.41, 5.74) is 3.42. The number of aryl methyl sites for hydroxylation is 2. The lowest BCUT2D eigenvalue weighted by atomic mass is 9.95. The minimum Gasteiger partial charge on any atom is -0.437 e. The third-order valence-corrected chi connectivity index (χ3v) is 3.85. The second kappa shape index (κ2) is 3.92. The van der Waals surface area contributed by atoms with Crippen molar-refractivity contribution in [2.24, 2.45) is 0 Å². The van der Waals surface area contributed by atoms with Gasteiger partial charge in [-0.2, -0.15) is 0 Å². The zero-order chi connectivity index (χ0) is 12.8. The smallest absolute Gasteiger partial charge is 0.230 e. The Bertz CT molecular complexity index is 848. The SMILES string of the molecule is O=c1c2ccccc2oc2nc3c(cc12)CCCC3. The minimum absolute atomic E-state index is 0.0257. The van der Waals surface area contributed by atoms with E-state index in [9.17, 15) is 4.79 Å². The molecule has 1 aliphatic rings. The first-order valence-electron chi connectivity index (χ1n) is 6.67. The lowest BCUT2D eigenvalue weighted by Gasteiger charge is -2.14. The van der Waals surface area contributed by atoms with Crippen molar-refractivity contribution in [3.8, 4) is 0 Å². The quantitative estimate of drug-likeness (QED) is 0.576. The normalized spacial score (nSPS) is 14.7. The second-order valence-corrected chi connectivity index (χ2v) is 5.08. The van der Waals surface area contributed by atoms with Crippen molar-refractivity contribution in [2.45, 2.75) is 25.7 Å². The summed E-state index contributed by atoms with van der Waals surface area (Å²) in [7, 11) is 0. The van der Waals surface area contributed by atoms with E-state index in [1.165, 1.54) is 18.4 Å². The first kappa shape index (κ1) is 10.7. The lowest BCUT2D eigenvalue weighted by molar-refractivity contribution is 0.625. The molecule has 1 aliphatic carbocycles. The van der Waals surface area contributed by atoms with Crippen molar-refractivity contribution in [2.75, 3.05) is 0 Å². The number of rotatable bonds is 0. The molecule has 0 amide bonds. The number of nitrogens with zero attached hydrogens (tertiary/aromatic N) is 1. The molecule has 0 radical (unpaired) electrons. The highest BCUT2D eigenvalue weighted by atomic mass is 16.3. The molecule has 0 aliphatic heterocycles. The second-order valence-electron chi connectivity index (χ2n) is 5.08. The van der Waals surface area contributed by atoms with Gasteiger partial charge < -0.3 is 4.42 Å². The molecule has 4 rings (SSSR count). The molecule has 2 heterocycles. The van der Waals surface area contributed by atoms with Gasteiger partial charge in [0.05, 0.1) is 10.8 Å². The van der Waals surface area contributed by atoms with E-state index >= 15 is 0 Å². The van der Waals surface area contributed by atoms with Gasteiger partial charge >= 0.3 is 0 Å². The van der Waals surface area contributed by atoms with Crippen molar-refractivity contribution in [3.05, 3.63) is 51.8 Å². The highest BCUT2D eigenvalue weighted by Crippen LogP contribution is 2.24. The Morgan fingerprint density at radius 1 is 1.05 bits per heavy atom. The zero-order valence-corrected chi connectivity index (χ0v) is 10.5. The van der Waals surface area contributed by atoms with Crippen LogP contribution in [0.5, 0.6) is 0 Å². The fourth-order valence-electron chi connectivity index (χ4n) is 2.85. The predicted octanol–water partition coefficient (Wildman–Crippen LogP) is 3.22. The molecule has 94 valence electrons. The van der Waals surface area contributed by atoms with E-state index in [1.807, 2.05) is 24.3 Å². The average molecular weight is 251 g/mol. The topological polar surface area (TPSA) is 43.1 Å². The number of hydrogen-bond acceptors (Lipinski definition) is 3. The van der Waals surface area contributed by atoms with E-state index in [0.29, 0.717) is 22.1 Å². The zero-order valence-electron chi connectivity index (χ0n) is 10.5. The monoisotopic (exact) mass is 251 g/mol. The first-order chi connectivity index (χ1) is 9.33. The summed E-state index contributed by atoms with van der Waals surface area (Å²) in [6, 6.07) is 9.33. The molecule has 19 heavy (non-hydrogen) atoms. The number of hydrogen-bond donors (Lipinski definition) is 0. The van der Waals surface area contributed by atoms with Crippen molar-refractivity contribution < 1.29 is 4.42 Å². The Hall–Kier alpha value is -2.16. The van der Waals surface area contributed by atoms with Crippen LogP contribution in [0.2, 0.25) is 0 Å². The van der Waals surface area contributed by atoms with Crippen LogP contribution in [0.15, 0.2) is 39.5 Å². The van der Waals surface area contributed by atoms with Crippen LogP contribution in [-0.2, 0) is 12.8 Å². The molecule has 0 fully saturated rings. The molecule has 0 saturated heterocycles. The Kier molecular flexibility index (Phi) is 2.21. The van der Waals surface area contributed by atoms with E-state index in [-0.39, 0.29) is 5.43 Å². The molecule has 2 aromatic heterocycles. The Morgan fingerprint density at radius 3 is 2.84 bits per heavy atom. The molecular formula is C16H13NO2. The van der Waals surface area contributed by atoms with Crippen LogP contribution in [-0.4, -0.2) is 4.98 Å². The number of pyridine rings is 1. The standard InChI is InChI=1S/C16H13NO2/c18-15-11-6-2-4-8-14(11)19-16-12(15)9-10-5-1-3-7-13(10)17-16/h2,4,6,8-9H,1,3,5,7H2. The molecule has 3 nitrogen and oxygen atoms in total. The molecule has 1 aromatic carbocycles. The Labute approximate surface area is 109 Å². The van der Waals surface area contributed by atoms with E-state index < -0.39 is 0 Å². The number of para-hydroxylation sites is 1. The molecule has 3 aromatic rings. The summed E-state index contributed by atoms with van der Waals surface area (Å²) < 4.78 is 5.78. The fraction of sp³-hybridized carbons (Fsp3) is 0.250. The summed E-state index contributed by atoms with van der Waals surface area (Å²) in [5.74, 6) is 0. The molecule has 0 bridgehead atoms. The van der Waals surface area contributed by atoms with Crippen molar-refractivity contribution >= 4 is 22.1 Å². The summed E-state index contributed by atoms with van der Waals surface area (Å²) in [6.07, 6.45) is 4.36. The summed E-state index contributed by atoms with van der Waals surface area (Å²) >= 11 is 0. The van der Waals surface area contributed by atoms with Crippen LogP contribution < -0.4 is 5.43 Å². The fourth-order valence-corrected chi connectivity index (χ4v) is 2.85. The highest BCUT2D eigenvalue weighted by Gasteiger charge is 2.15. The maximum absolute atomic E-state index is 12.5. The molecular weight excluding hydrogens is 238 g/mol. The van der Waals surface area contributed by atoms with Gasteiger partial charge in [0, 0.05) is 5.69 Å². The summed E-state index contributed by atoms with van der Waals surface area (Å²) in [4.78, 5) is 17.0. The van der Waals surface area contributed by atoms with Gasteiger partial charge in [-0.3, -0.25) is 4.79 Å². The van der Waals surface area contributed by atoms with E-state index in [0.717, 1.165) is 18.5 Å². The molecule has 0 saturated carbocycles. The number of aromatic nitrogens is 1. The van der Waals surface area contributed by atoms with Crippen LogP contribution >= 0.6 is 0 Å². The van der Waals surface area contributed by atoms with Crippen LogP contribution in [0, 0.1) is 0 Å². The van der Waals surface area contributed by atoms with Gasteiger partial charge in [-0.25, -0.2) is 4.98 Å². The number of benzene rings is 1. The molecule has 3 heteroatoms. The van der Waals surface area contributed by atoms with Crippen molar-refractivity contribution in [1.82, 2.24) is 4.98 Å². The highest BCUT2D eigenvalue weighted by molar-refractivity contribution is 5.88. The number of fused-ring (bicyclic) bond motifs is 3. The lowest BCUT2D eigenvalue weighted by Crippen LogP contribution is -2.09. The summed E-state index contributed by atoms with van der Waals surface area (Å²) in [6.45, 7) is 0. The summed E-state index contributed by atoms with van der Waals surface area (Å²) in [5, 5.41) is 1.24. The van der Waals surface area contributed by atoms with Crippen LogP contribution in [0.3, 0.4) is 0 Å². The molecule has 0 spiro atoms. The van der Waals surface area contributed by atoms with Gasteiger partial charge in [-0.05, 0) is 49.4 Å². The van der Waals surface area contributed by atoms with Gasteiger partial charge in [-0.15, -0.1) is 0 Å². The minimum atomic E-state index is 0.0257. The van der Waals surface area contributed by atoms with Gasteiger partial charge in [0.25, 0.3) is 0 Å². The van der Waals surface area contributed by atoms with E-state index in [4.69, 9.17) is 4.42 Å². The Morgan fingerprint density at radius 2 is 1.89 bits per heavy atom. The van der Waals surface area contributed by atoms with Crippen molar-refractivity contribution in [1.29, 1.82) is 0 Å². The van der Waals surface area contributed by atoms with E-state index in [1.54, 1.807) is 6.07 Å². The van der Waals surface area contributed by atoms with Gasteiger partial charge in [0.2, 0.25) is 11.1 Å². The van der Waals surface area contributed by atoms with Gasteiger partial charge in [0.15, 0.2) is 0 Å². The molecule has 0 N–H and O–H groups in total. The van der Waals surface area contributed by atoms with Crippen LogP contribution in [0.4, 0.5) is 0 Å². The van der Waals surface area contributed by atoms with Gasteiger partial charge in [-0.1, -0.05) is 12.1 Å². The largest absolute Gasteiger partial charge is 0.437 e. The maximum atomic E-state index is 12.5. The first-order valence-corrected chi connectivity index (χ1v) is 6.67. The average Bonchev–Trinajstić information content (AvgIpc) is 2.46. The van der Waals surface area contributed by atoms with Gasteiger partial charge in [0.1, 0.15) is 5.58 Å². The van der Waals surface area contributed by atoms with Crippen LogP contribution in [0.1, 0.15) is 24.1 Å². The maximum Gasteiger partial charge on any atom is 0.230 e. The molecule has 0 atom stereocenters. The Balaban J connectivity index is 2.15. The third-order valence-electron chi connectivity index (χ3n) is 3.85. The third kappa shape index (κ3) is 1.58.